The zero-order chi connectivity index (χ0) is 36.8. The van der Waals surface area contributed by atoms with Crippen molar-refractivity contribution in [2.24, 2.45) is 0 Å². The van der Waals surface area contributed by atoms with Crippen LogP contribution in [-0.4, -0.2) is 84.6 Å². The zero-order valence-electron chi connectivity index (χ0n) is 30.3. The first-order valence-electron chi connectivity index (χ1n) is 18.5. The number of aromatic nitrogens is 2. The lowest BCUT2D eigenvalue weighted by Crippen LogP contribution is -2.48. The summed E-state index contributed by atoms with van der Waals surface area (Å²) in [5.74, 6) is 1.45. The molecular formula is C41H44Cl2N6O4. The molecule has 53 heavy (non-hydrogen) atoms. The van der Waals surface area contributed by atoms with Crippen molar-refractivity contribution in [2.45, 2.75) is 63.6 Å². The number of carbonyl (C=O) groups is 2. The van der Waals surface area contributed by atoms with Crippen LogP contribution in [0.5, 0.6) is 11.8 Å². The van der Waals surface area contributed by atoms with Gasteiger partial charge in [-0.1, -0.05) is 59.6 Å². The van der Waals surface area contributed by atoms with Crippen molar-refractivity contribution < 1.29 is 19.1 Å². The Bertz CT molecular complexity index is 2080. The second-order valence-electron chi connectivity index (χ2n) is 14.4. The molecule has 2 aromatic heterocycles. The third kappa shape index (κ3) is 6.75. The lowest BCUT2D eigenvalue weighted by Gasteiger charge is -2.38. The molecule has 2 aromatic carbocycles. The summed E-state index contributed by atoms with van der Waals surface area (Å²) >= 11 is 14.5. The topological polar surface area (TPSA) is 109 Å². The Hall–Kier alpha value is -4.22. The van der Waals surface area contributed by atoms with Crippen LogP contribution in [0.2, 0.25) is 10.0 Å². The van der Waals surface area contributed by atoms with Gasteiger partial charge >= 0.3 is 0 Å². The minimum Gasteiger partial charge on any atom is -0.481 e. The molecule has 4 aromatic rings. The third-order valence-electron chi connectivity index (χ3n) is 11.4. The van der Waals surface area contributed by atoms with Crippen molar-refractivity contribution in [1.29, 1.82) is 0 Å². The minimum atomic E-state index is 0.100. The largest absolute Gasteiger partial charge is 0.481 e. The molecule has 2 saturated heterocycles. The first-order valence-corrected chi connectivity index (χ1v) is 19.3. The number of fused-ring (bicyclic) bond motifs is 2. The maximum Gasteiger partial charge on any atom is 0.220 e. The van der Waals surface area contributed by atoms with Crippen LogP contribution in [0.15, 0.2) is 48.5 Å². The summed E-state index contributed by atoms with van der Waals surface area (Å²) in [6.07, 6.45) is 5.13. The fourth-order valence-corrected chi connectivity index (χ4v) is 9.33. The number of benzene rings is 2. The molecule has 0 bridgehead atoms. The maximum absolute atomic E-state index is 11.9. The molecule has 3 unspecified atom stereocenters. The SMILES string of the molecule is COc1nc(-c2cccc(-c3cccc(-c4cc5c(c(OC)n4)C(N4CCN(C(C)=O)CC4)CC5)c3Cl)c2Cl)cc2c1C(NCC1CCC(=O)N1)CC2. The Kier molecular flexibility index (Phi) is 10.1. The number of hydrogen-bond donors (Lipinski definition) is 2. The Morgan fingerprint density at radius 1 is 0.811 bits per heavy atom. The minimum absolute atomic E-state index is 0.100. The zero-order valence-corrected chi connectivity index (χ0v) is 31.8. The van der Waals surface area contributed by atoms with Crippen LogP contribution in [0.3, 0.4) is 0 Å². The number of aryl methyl sites for hydroxylation is 2. The van der Waals surface area contributed by atoms with E-state index < -0.39 is 0 Å². The van der Waals surface area contributed by atoms with Crippen LogP contribution < -0.4 is 20.1 Å². The Morgan fingerprint density at radius 2 is 1.38 bits per heavy atom. The first kappa shape index (κ1) is 35.8. The lowest BCUT2D eigenvalue weighted by atomic mass is 9.97. The van der Waals surface area contributed by atoms with Gasteiger partial charge in [-0.15, -0.1) is 0 Å². The van der Waals surface area contributed by atoms with E-state index in [1.807, 2.05) is 41.3 Å². The summed E-state index contributed by atoms with van der Waals surface area (Å²) in [5.41, 5.74) is 9.30. The summed E-state index contributed by atoms with van der Waals surface area (Å²) in [5, 5.41) is 7.80. The fourth-order valence-electron chi connectivity index (χ4n) is 8.68. The van der Waals surface area contributed by atoms with Gasteiger partial charge in [0.25, 0.3) is 0 Å². The van der Waals surface area contributed by atoms with Gasteiger partial charge in [-0.3, -0.25) is 14.5 Å². The maximum atomic E-state index is 11.9. The van der Waals surface area contributed by atoms with E-state index in [0.29, 0.717) is 34.8 Å². The highest BCUT2D eigenvalue weighted by atomic mass is 35.5. The number of nitrogens with one attached hydrogen (secondary N) is 2. The number of pyridine rings is 2. The molecule has 2 aliphatic carbocycles. The highest BCUT2D eigenvalue weighted by Crippen LogP contribution is 2.47. The van der Waals surface area contributed by atoms with Gasteiger partial charge in [0.2, 0.25) is 23.6 Å². The number of carbonyl (C=O) groups excluding carboxylic acids is 2. The predicted octanol–water partition coefficient (Wildman–Crippen LogP) is 6.81. The second-order valence-corrected chi connectivity index (χ2v) is 15.2. The molecule has 0 saturated carbocycles. The van der Waals surface area contributed by atoms with Gasteiger partial charge in [-0.05, 0) is 55.4 Å². The lowest BCUT2D eigenvalue weighted by molar-refractivity contribution is -0.130. The summed E-state index contributed by atoms with van der Waals surface area (Å²) in [7, 11) is 3.33. The Labute approximate surface area is 320 Å². The number of hydrogen-bond acceptors (Lipinski definition) is 8. The van der Waals surface area contributed by atoms with Crippen molar-refractivity contribution in [3.8, 4) is 45.4 Å². The molecule has 0 radical (unpaired) electrons. The summed E-state index contributed by atoms with van der Waals surface area (Å²) in [6, 6.07) is 16.6. The number of nitrogens with zero attached hydrogens (tertiary/aromatic N) is 4. The molecule has 12 heteroatoms. The average molecular weight is 756 g/mol. The van der Waals surface area contributed by atoms with Crippen LogP contribution in [-0.2, 0) is 22.4 Å². The quantitative estimate of drug-likeness (QED) is 0.192. The molecule has 10 nitrogen and oxygen atoms in total. The average Bonchev–Trinajstić information content (AvgIpc) is 3.92. The number of piperazine rings is 1. The molecule has 276 valence electrons. The van der Waals surface area contributed by atoms with E-state index in [-0.39, 0.29) is 29.9 Å². The number of methoxy groups -OCH3 is 2. The van der Waals surface area contributed by atoms with E-state index in [1.54, 1.807) is 21.1 Å². The summed E-state index contributed by atoms with van der Waals surface area (Å²) in [6.45, 7) is 5.48. The number of halogens is 2. The van der Waals surface area contributed by atoms with E-state index >= 15 is 0 Å². The molecule has 2 amide bonds. The molecular weight excluding hydrogens is 711 g/mol. The monoisotopic (exact) mass is 754 g/mol. The van der Waals surface area contributed by atoms with Crippen molar-refractivity contribution in [1.82, 2.24) is 30.4 Å². The predicted molar refractivity (Wildman–Crippen MR) is 207 cm³/mol. The van der Waals surface area contributed by atoms with Crippen LogP contribution in [0.4, 0.5) is 0 Å². The highest BCUT2D eigenvalue weighted by molar-refractivity contribution is 6.39. The van der Waals surface area contributed by atoms with Crippen molar-refractivity contribution in [3.63, 3.8) is 0 Å². The first-order chi connectivity index (χ1) is 25.7. The Morgan fingerprint density at radius 3 is 1.94 bits per heavy atom. The van der Waals surface area contributed by atoms with E-state index in [0.717, 1.165) is 103 Å². The molecule has 2 N–H and O–H groups in total. The number of amides is 2. The van der Waals surface area contributed by atoms with E-state index in [1.165, 1.54) is 11.1 Å². The molecule has 8 rings (SSSR count). The van der Waals surface area contributed by atoms with Crippen LogP contribution in [0.25, 0.3) is 33.6 Å². The van der Waals surface area contributed by atoms with Crippen LogP contribution in [0.1, 0.15) is 66.9 Å². The fraction of sp³-hybridized carbons (Fsp3) is 0.415. The van der Waals surface area contributed by atoms with E-state index in [2.05, 4.69) is 27.7 Å². The van der Waals surface area contributed by atoms with Crippen LogP contribution in [0, 0.1) is 0 Å². The second kappa shape index (κ2) is 14.9. The summed E-state index contributed by atoms with van der Waals surface area (Å²) < 4.78 is 11.8. The van der Waals surface area contributed by atoms with Gasteiger partial charge in [-0.25, -0.2) is 9.97 Å². The van der Waals surface area contributed by atoms with Crippen molar-refractivity contribution >= 4 is 35.0 Å². The van der Waals surface area contributed by atoms with Crippen LogP contribution >= 0.6 is 23.2 Å². The molecule has 0 spiro atoms. The number of rotatable bonds is 9. The smallest absolute Gasteiger partial charge is 0.220 e. The molecule has 2 fully saturated rings. The van der Waals surface area contributed by atoms with Gasteiger partial charge < -0.3 is 25.0 Å². The van der Waals surface area contributed by atoms with Crippen molar-refractivity contribution in [3.05, 3.63) is 80.8 Å². The van der Waals surface area contributed by atoms with E-state index in [9.17, 15) is 9.59 Å². The van der Waals surface area contributed by atoms with Gasteiger partial charge in [0, 0.05) is 97.6 Å². The number of ether oxygens (including phenoxy) is 2. The third-order valence-corrected chi connectivity index (χ3v) is 12.2. The Balaban J connectivity index is 1.07. The summed E-state index contributed by atoms with van der Waals surface area (Å²) in [4.78, 5) is 38.0. The van der Waals surface area contributed by atoms with Gasteiger partial charge in [0.15, 0.2) is 0 Å². The normalized spacial score (nSPS) is 21.0. The standard InChI is InChI=1S/C41H44Cl2N6O4/c1-23(50)48-16-18-49(19-17-48)34-14-11-25-21-33(47-41(53-3)37(25)34)30-9-5-7-28(39(30)43)27-6-4-8-29(38(27)42)32-20-24-10-13-31(36(24)40(46-32)52-2)44-22-26-12-15-35(51)45-26/h4-9,20-21,26,31,34,44H,10-19,22H2,1-3H3,(H,45,51). The molecule has 4 heterocycles. The van der Waals surface area contributed by atoms with Gasteiger partial charge in [0.05, 0.1) is 35.7 Å². The van der Waals surface area contributed by atoms with Crippen molar-refractivity contribution in [2.75, 3.05) is 46.9 Å². The van der Waals surface area contributed by atoms with E-state index in [4.69, 9.17) is 42.6 Å². The molecule has 4 aliphatic rings. The molecule has 3 atom stereocenters. The highest BCUT2D eigenvalue weighted by Gasteiger charge is 2.35. The molecule has 2 aliphatic heterocycles. The van der Waals surface area contributed by atoms with Gasteiger partial charge in [-0.2, -0.15) is 0 Å². The van der Waals surface area contributed by atoms with Gasteiger partial charge in [0.1, 0.15) is 0 Å².